The van der Waals surface area contributed by atoms with Crippen LogP contribution >= 0.6 is 12.4 Å². The molecule has 2 rings (SSSR count). The molecule has 0 spiro atoms. The van der Waals surface area contributed by atoms with Crippen molar-refractivity contribution in [3.05, 3.63) is 35.9 Å². The largest absolute Gasteiger partial charge is 1.00 e. The lowest BCUT2D eigenvalue weighted by Crippen LogP contribution is -2.46. The molecule has 114 valence electrons. The number of hydrogen-bond acceptors (Lipinski definition) is 3. The summed E-state index contributed by atoms with van der Waals surface area (Å²) in [6, 6.07) is 10.5. The summed E-state index contributed by atoms with van der Waals surface area (Å²) in [5.41, 5.74) is 7.26. The van der Waals surface area contributed by atoms with E-state index in [1.165, 1.54) is 37.7 Å². The molecule has 0 aliphatic heterocycles. The van der Waals surface area contributed by atoms with E-state index in [9.17, 15) is 5.11 Å². The summed E-state index contributed by atoms with van der Waals surface area (Å²) in [5, 5.41) is 13.6. The Morgan fingerprint density at radius 2 is 1.85 bits per heavy atom. The Labute approximate surface area is 131 Å². The molecule has 0 radical (unpaired) electrons. The van der Waals surface area contributed by atoms with Gasteiger partial charge >= 0.3 is 2.85 Å². The standard InChI is InChI=1S/C16H26N2O.ClH/c17-15(11-13-7-3-1-4-8-13)16(19)12-18-14-9-5-2-6-10-14;/h1,3-4,7-8,14-16,18-19H,2,5-6,9-12,17H2;1H/p+2/t15-,16+;/m0./s1. The van der Waals surface area contributed by atoms with Gasteiger partial charge in [0.25, 0.3) is 0 Å². The third kappa shape index (κ3) is 5.80. The van der Waals surface area contributed by atoms with Crippen molar-refractivity contribution in [2.24, 2.45) is 5.73 Å². The maximum Gasteiger partial charge on any atom is 1.00 e. The maximum absolute atomic E-state index is 10.1. The summed E-state index contributed by atoms with van der Waals surface area (Å²) in [6.07, 6.45) is 6.71. The predicted molar refractivity (Wildman–Crippen MR) is 88.5 cm³/mol. The van der Waals surface area contributed by atoms with Gasteiger partial charge in [0, 0.05) is 18.6 Å². The van der Waals surface area contributed by atoms with E-state index < -0.39 is 6.10 Å². The van der Waals surface area contributed by atoms with E-state index in [4.69, 9.17) is 5.73 Å². The topological polar surface area (TPSA) is 58.3 Å². The number of aliphatic hydroxyl groups is 1. The number of halogens is 1. The second-order valence-electron chi connectivity index (χ2n) is 5.66. The molecule has 1 aliphatic carbocycles. The van der Waals surface area contributed by atoms with Crippen LogP contribution in [0.15, 0.2) is 30.3 Å². The summed E-state index contributed by atoms with van der Waals surface area (Å²) in [5.74, 6) is 0. The van der Waals surface area contributed by atoms with Crippen LogP contribution in [0.1, 0.15) is 40.5 Å². The quantitative estimate of drug-likeness (QED) is 0.756. The molecule has 2 atom stereocenters. The molecule has 1 aliphatic rings. The smallest absolute Gasteiger partial charge is 0.390 e. The summed E-state index contributed by atoms with van der Waals surface area (Å²) in [6.45, 7) is 0.610. The molecule has 1 saturated carbocycles. The van der Waals surface area contributed by atoms with E-state index in [1.54, 1.807) is 0 Å². The molecule has 0 aromatic heterocycles. The Morgan fingerprint density at radius 1 is 1.20 bits per heavy atom. The van der Waals surface area contributed by atoms with Gasteiger partial charge in [-0.3, -0.25) is 0 Å². The molecule has 0 saturated heterocycles. The Bertz CT molecular complexity index is 364. The van der Waals surface area contributed by atoms with E-state index >= 15 is 0 Å². The molecule has 0 heterocycles. The zero-order valence-corrected chi connectivity index (χ0v) is 12.8. The third-order valence-corrected chi connectivity index (χ3v) is 4.03. The van der Waals surface area contributed by atoms with Crippen molar-refractivity contribution < 1.29 is 7.96 Å². The first kappa shape index (κ1) is 17.4. The second-order valence-corrected chi connectivity index (χ2v) is 5.66. The highest BCUT2D eigenvalue weighted by Crippen LogP contribution is 2.17. The van der Waals surface area contributed by atoms with Crippen LogP contribution in [0.4, 0.5) is 0 Å². The fraction of sp³-hybridized carbons (Fsp3) is 0.625. The van der Waals surface area contributed by atoms with E-state index in [0.29, 0.717) is 12.6 Å². The van der Waals surface area contributed by atoms with Gasteiger partial charge in [0.15, 0.2) is 0 Å². The van der Waals surface area contributed by atoms with Gasteiger partial charge in [-0.15, -0.1) is 12.4 Å². The van der Waals surface area contributed by atoms with Gasteiger partial charge in [0.2, 0.25) is 0 Å². The van der Waals surface area contributed by atoms with E-state index in [2.05, 4.69) is 17.4 Å². The Hall–Kier alpha value is -0.610. The average molecular weight is 301 g/mol. The van der Waals surface area contributed by atoms with Crippen molar-refractivity contribution in [3.63, 3.8) is 0 Å². The van der Waals surface area contributed by atoms with Gasteiger partial charge in [0.1, 0.15) is 0 Å². The van der Waals surface area contributed by atoms with Crippen molar-refractivity contribution in [1.82, 2.24) is 5.32 Å². The van der Waals surface area contributed by atoms with Crippen molar-refractivity contribution in [1.29, 1.82) is 0 Å². The summed E-state index contributed by atoms with van der Waals surface area (Å²) in [4.78, 5) is 0. The Morgan fingerprint density at radius 3 is 2.50 bits per heavy atom. The fourth-order valence-electron chi connectivity index (χ4n) is 2.77. The first-order valence-corrected chi connectivity index (χ1v) is 7.46. The highest BCUT2D eigenvalue weighted by Gasteiger charge is 2.18. The molecule has 20 heavy (non-hydrogen) atoms. The molecule has 1 aromatic carbocycles. The first-order chi connectivity index (χ1) is 9.25. The normalized spacial score (nSPS) is 19.1. The maximum atomic E-state index is 10.1. The SMILES string of the molecule is Cl.N[C@@H](Cc1ccccc1)[C@H](O)CNC1CCCCC1.[H+].[H+]. The van der Waals surface area contributed by atoms with Gasteiger partial charge in [-0.05, 0) is 24.8 Å². The molecule has 0 unspecified atom stereocenters. The van der Waals surface area contributed by atoms with Gasteiger partial charge in [-0.1, -0.05) is 49.6 Å². The zero-order chi connectivity index (χ0) is 13.5. The van der Waals surface area contributed by atoms with Crippen molar-refractivity contribution in [2.45, 2.75) is 56.7 Å². The highest BCUT2D eigenvalue weighted by molar-refractivity contribution is 5.85. The minimum atomic E-state index is -0.470. The lowest BCUT2D eigenvalue weighted by Gasteiger charge is -2.26. The highest BCUT2D eigenvalue weighted by atomic mass is 35.5. The Balaban J connectivity index is 0. The van der Waals surface area contributed by atoms with E-state index in [1.807, 2.05) is 18.2 Å². The number of hydrogen-bond donors (Lipinski definition) is 3. The summed E-state index contributed by atoms with van der Waals surface area (Å²) < 4.78 is 0. The van der Waals surface area contributed by atoms with Crippen LogP contribution in [0.3, 0.4) is 0 Å². The van der Waals surface area contributed by atoms with Gasteiger partial charge in [-0.25, -0.2) is 0 Å². The molecule has 0 bridgehead atoms. The summed E-state index contributed by atoms with van der Waals surface area (Å²) in [7, 11) is 0. The number of rotatable bonds is 6. The third-order valence-electron chi connectivity index (χ3n) is 4.03. The van der Waals surface area contributed by atoms with Crippen LogP contribution in [-0.2, 0) is 6.42 Å². The molecule has 3 nitrogen and oxygen atoms in total. The Kier molecular flexibility index (Phi) is 8.15. The van der Waals surface area contributed by atoms with Crippen LogP contribution < -0.4 is 11.1 Å². The molecular weight excluding hydrogens is 272 g/mol. The lowest BCUT2D eigenvalue weighted by atomic mass is 9.95. The molecule has 1 aromatic rings. The van der Waals surface area contributed by atoms with Gasteiger partial charge < -0.3 is 16.2 Å². The molecular formula is C16H29ClN2O+2. The van der Waals surface area contributed by atoms with Crippen LogP contribution in [0, 0.1) is 0 Å². The minimum Gasteiger partial charge on any atom is -0.390 e. The van der Waals surface area contributed by atoms with Crippen LogP contribution in [0.2, 0.25) is 0 Å². The minimum absolute atomic E-state index is 0. The number of aliphatic hydroxyl groups excluding tert-OH is 1. The number of nitrogens with two attached hydrogens (primary N) is 1. The van der Waals surface area contributed by atoms with Crippen molar-refractivity contribution in [3.8, 4) is 0 Å². The predicted octanol–water partition coefficient (Wildman–Crippen LogP) is 2.49. The van der Waals surface area contributed by atoms with Crippen molar-refractivity contribution >= 4 is 12.4 Å². The van der Waals surface area contributed by atoms with Crippen LogP contribution in [-0.4, -0.2) is 29.8 Å². The first-order valence-electron chi connectivity index (χ1n) is 7.46. The summed E-state index contributed by atoms with van der Waals surface area (Å²) >= 11 is 0. The van der Waals surface area contributed by atoms with Crippen LogP contribution in [0.25, 0.3) is 0 Å². The molecule has 4 heteroatoms. The number of nitrogens with one attached hydrogen (secondary N) is 1. The van der Waals surface area contributed by atoms with Gasteiger partial charge in [0.05, 0.1) is 6.10 Å². The second kappa shape index (κ2) is 9.35. The number of benzene rings is 1. The van der Waals surface area contributed by atoms with Gasteiger partial charge in [-0.2, -0.15) is 0 Å². The van der Waals surface area contributed by atoms with E-state index in [-0.39, 0.29) is 21.3 Å². The van der Waals surface area contributed by atoms with Crippen LogP contribution in [0.5, 0.6) is 0 Å². The van der Waals surface area contributed by atoms with E-state index in [0.717, 1.165) is 6.42 Å². The zero-order valence-electron chi connectivity index (χ0n) is 14.0. The molecule has 1 fully saturated rings. The average Bonchev–Trinajstić information content (AvgIpc) is 2.47. The fourth-order valence-corrected chi connectivity index (χ4v) is 2.77. The lowest BCUT2D eigenvalue weighted by molar-refractivity contribution is 0.135. The molecule has 4 N–H and O–H groups in total. The van der Waals surface area contributed by atoms with Crippen molar-refractivity contribution in [2.75, 3.05) is 6.54 Å². The monoisotopic (exact) mass is 300 g/mol. The molecule has 0 amide bonds.